The van der Waals surface area contributed by atoms with Crippen molar-refractivity contribution in [1.82, 2.24) is 9.80 Å². The van der Waals surface area contributed by atoms with Gasteiger partial charge in [-0.25, -0.2) is 9.59 Å². The summed E-state index contributed by atoms with van der Waals surface area (Å²) < 4.78 is 7.13. The van der Waals surface area contributed by atoms with E-state index < -0.39 is 11.9 Å². The predicted octanol–water partition coefficient (Wildman–Crippen LogP) is 5.93. The first-order chi connectivity index (χ1) is 21.7. The second-order valence-electron chi connectivity index (χ2n) is 11.5. The highest BCUT2D eigenvalue weighted by atomic mass is 32.1. The fourth-order valence-corrected chi connectivity index (χ4v) is 7.13. The summed E-state index contributed by atoms with van der Waals surface area (Å²) in [5, 5.41) is 26.1. The molecule has 0 bridgehead atoms. The second-order valence-corrected chi connectivity index (χ2v) is 12.5. The summed E-state index contributed by atoms with van der Waals surface area (Å²) in [6.07, 6.45) is 5.04. The van der Waals surface area contributed by atoms with Crippen molar-refractivity contribution in [2.45, 2.75) is 45.6 Å². The number of amides is 1. The highest BCUT2D eigenvalue weighted by Gasteiger charge is 2.21. The lowest BCUT2D eigenvalue weighted by Gasteiger charge is -2.18. The quantitative estimate of drug-likeness (QED) is 0.194. The lowest BCUT2D eigenvalue weighted by atomic mass is 9.96. The Labute approximate surface area is 266 Å². The molecule has 2 saturated heterocycles. The summed E-state index contributed by atoms with van der Waals surface area (Å²) >= 11 is 1.73. The molecular formula is C35H38N2O7S. The van der Waals surface area contributed by atoms with Gasteiger partial charge in [0.15, 0.2) is 0 Å². The van der Waals surface area contributed by atoms with Gasteiger partial charge in [-0.2, -0.15) is 0 Å². The van der Waals surface area contributed by atoms with E-state index in [-0.39, 0.29) is 5.91 Å². The van der Waals surface area contributed by atoms with Crippen molar-refractivity contribution in [3.63, 3.8) is 0 Å². The van der Waals surface area contributed by atoms with E-state index in [1.54, 1.807) is 17.4 Å². The van der Waals surface area contributed by atoms with E-state index in [1.807, 2.05) is 17.0 Å². The predicted molar refractivity (Wildman–Crippen MR) is 174 cm³/mol. The molecule has 2 aliphatic heterocycles. The molecule has 2 aliphatic rings. The van der Waals surface area contributed by atoms with Crippen LogP contribution in [0.15, 0.2) is 60.7 Å². The summed E-state index contributed by atoms with van der Waals surface area (Å²) in [6.45, 7) is 7.78. The van der Waals surface area contributed by atoms with Crippen molar-refractivity contribution in [2.75, 3.05) is 32.8 Å². The second kappa shape index (κ2) is 14.6. The molecule has 0 aliphatic carbocycles. The van der Waals surface area contributed by atoms with Crippen LogP contribution in [0.2, 0.25) is 0 Å². The van der Waals surface area contributed by atoms with Crippen molar-refractivity contribution < 1.29 is 34.4 Å². The Morgan fingerprint density at radius 1 is 0.911 bits per heavy atom. The molecule has 10 heteroatoms. The van der Waals surface area contributed by atoms with E-state index in [2.05, 4.69) is 54.3 Å². The van der Waals surface area contributed by atoms with Crippen LogP contribution in [-0.2, 0) is 27.3 Å². The molecule has 1 aromatic heterocycles. The maximum Gasteiger partial charge on any atom is 0.414 e. The first kappa shape index (κ1) is 32.0. The smallest absolute Gasteiger partial charge is 0.414 e. The Hall–Kier alpha value is -4.41. The number of hydrogen-bond acceptors (Lipinski definition) is 7. The third-order valence-corrected chi connectivity index (χ3v) is 9.52. The Bertz CT molecular complexity index is 1660. The van der Waals surface area contributed by atoms with Crippen LogP contribution in [0.4, 0.5) is 0 Å². The van der Waals surface area contributed by atoms with Gasteiger partial charge in [-0.15, -0.1) is 11.3 Å². The molecule has 3 aromatic carbocycles. The number of phenols is 1. The Morgan fingerprint density at radius 3 is 2.29 bits per heavy atom. The molecule has 236 valence electrons. The molecule has 45 heavy (non-hydrogen) atoms. The Morgan fingerprint density at radius 2 is 1.64 bits per heavy atom. The summed E-state index contributed by atoms with van der Waals surface area (Å²) in [6, 6.07) is 20.8. The van der Waals surface area contributed by atoms with Gasteiger partial charge in [0.25, 0.3) is 0 Å². The molecule has 3 N–H and O–H groups in total. The lowest BCUT2D eigenvalue weighted by molar-refractivity contribution is -0.159. The van der Waals surface area contributed by atoms with Crippen LogP contribution in [0.5, 0.6) is 11.5 Å². The van der Waals surface area contributed by atoms with E-state index in [1.165, 1.54) is 64.0 Å². The van der Waals surface area contributed by atoms with Gasteiger partial charge in [0, 0.05) is 35.6 Å². The number of carboxylic acid groups (broad SMARTS) is 2. The minimum Gasteiger partial charge on any atom is -0.508 e. The maximum absolute atomic E-state index is 12.1. The van der Waals surface area contributed by atoms with E-state index in [0.29, 0.717) is 25.3 Å². The van der Waals surface area contributed by atoms with E-state index in [9.17, 15) is 9.90 Å². The first-order valence-corrected chi connectivity index (χ1v) is 16.0. The maximum atomic E-state index is 12.1. The number of hydrogen-bond donors (Lipinski definition) is 3. The van der Waals surface area contributed by atoms with Crippen LogP contribution in [0.25, 0.3) is 20.5 Å². The minimum atomic E-state index is -1.82. The highest BCUT2D eigenvalue weighted by Crippen LogP contribution is 2.41. The third-order valence-electron chi connectivity index (χ3n) is 8.27. The molecule has 9 nitrogen and oxygen atoms in total. The largest absolute Gasteiger partial charge is 0.508 e. The number of nitrogens with zero attached hydrogens (tertiary/aromatic N) is 2. The molecule has 0 atom stereocenters. The van der Waals surface area contributed by atoms with E-state index >= 15 is 0 Å². The highest BCUT2D eigenvalue weighted by molar-refractivity contribution is 7.22. The average Bonchev–Trinajstić information content (AvgIpc) is 3.76. The van der Waals surface area contributed by atoms with Gasteiger partial charge in [0.05, 0.1) is 0 Å². The molecule has 3 heterocycles. The van der Waals surface area contributed by atoms with Crippen molar-refractivity contribution in [1.29, 1.82) is 0 Å². The number of ether oxygens (including phenoxy) is 1. The SMILES string of the molecule is Cc1cc(Cc2c(-c3ccc(OCCN4CCCC4)cc3)sc3cc(O)ccc23)ccc1CN1CCCC1=O.O=C(O)C(=O)O. The van der Waals surface area contributed by atoms with Gasteiger partial charge in [0.2, 0.25) is 5.91 Å². The summed E-state index contributed by atoms with van der Waals surface area (Å²) in [5.74, 6) is -2.19. The number of carbonyl (C=O) groups excluding carboxylic acids is 1. The van der Waals surface area contributed by atoms with Gasteiger partial charge in [-0.1, -0.05) is 18.2 Å². The molecule has 2 fully saturated rings. The van der Waals surface area contributed by atoms with Gasteiger partial charge < -0.3 is 25.0 Å². The zero-order valence-corrected chi connectivity index (χ0v) is 26.1. The molecular weight excluding hydrogens is 592 g/mol. The third kappa shape index (κ3) is 8.20. The van der Waals surface area contributed by atoms with Crippen LogP contribution in [0, 0.1) is 6.92 Å². The topological polar surface area (TPSA) is 128 Å². The number of phenolic OH excluding ortho intramolecular Hbond substituents is 1. The number of thiophene rings is 1. The van der Waals surface area contributed by atoms with Crippen molar-refractivity contribution >= 4 is 39.3 Å². The normalized spacial score (nSPS) is 14.9. The van der Waals surface area contributed by atoms with Crippen LogP contribution >= 0.6 is 11.3 Å². The fraction of sp³-hybridized carbons (Fsp3) is 0.343. The van der Waals surface area contributed by atoms with Gasteiger partial charge in [-0.05, 0) is 121 Å². The number of aryl methyl sites for hydroxylation is 1. The average molecular weight is 631 g/mol. The Balaban J connectivity index is 0.000000609. The van der Waals surface area contributed by atoms with Crippen LogP contribution in [-0.4, -0.2) is 75.8 Å². The molecule has 0 unspecified atom stereocenters. The molecule has 4 aromatic rings. The zero-order valence-electron chi connectivity index (χ0n) is 25.3. The molecule has 0 spiro atoms. The van der Waals surface area contributed by atoms with Crippen LogP contribution < -0.4 is 4.74 Å². The first-order valence-electron chi connectivity index (χ1n) is 15.2. The minimum absolute atomic E-state index is 0.263. The van der Waals surface area contributed by atoms with Gasteiger partial charge >= 0.3 is 11.9 Å². The molecule has 0 radical (unpaired) electrons. The number of fused-ring (bicyclic) bond motifs is 1. The zero-order chi connectivity index (χ0) is 31.9. The Kier molecular flexibility index (Phi) is 10.4. The number of rotatable bonds is 9. The molecule has 6 rings (SSSR count). The standard InChI is InChI=1S/C33H36N2O3S.C2H2O4/c1-23-19-24(6-7-26(23)22-35-16-4-5-32(35)37)20-30-29-13-10-27(36)21-31(29)39-33(30)25-8-11-28(12-9-25)38-18-17-34-14-2-3-15-34;3-1(4)2(5)6/h6-13,19,21,36H,2-5,14-18,20,22H2,1H3;(H,3,4)(H,5,6). The number of carboxylic acids is 2. The van der Waals surface area contributed by atoms with Crippen molar-refractivity contribution in [3.8, 4) is 21.9 Å². The number of likely N-dealkylation sites (tertiary alicyclic amines) is 2. The summed E-state index contributed by atoms with van der Waals surface area (Å²) in [5.41, 5.74) is 6.13. The van der Waals surface area contributed by atoms with Gasteiger partial charge in [0.1, 0.15) is 18.1 Å². The number of benzene rings is 3. The summed E-state index contributed by atoms with van der Waals surface area (Å²) in [4.78, 5) is 36.0. The van der Waals surface area contributed by atoms with E-state index in [0.717, 1.165) is 36.4 Å². The fourth-order valence-electron chi connectivity index (χ4n) is 5.87. The number of aromatic hydroxyl groups is 1. The van der Waals surface area contributed by atoms with Crippen LogP contribution in [0.3, 0.4) is 0 Å². The summed E-state index contributed by atoms with van der Waals surface area (Å²) in [7, 11) is 0. The van der Waals surface area contributed by atoms with Crippen molar-refractivity contribution in [3.05, 3.63) is 82.9 Å². The van der Waals surface area contributed by atoms with Crippen LogP contribution in [0.1, 0.15) is 47.9 Å². The molecule has 1 amide bonds. The lowest BCUT2D eigenvalue weighted by Crippen LogP contribution is -2.25. The van der Waals surface area contributed by atoms with Gasteiger partial charge in [-0.3, -0.25) is 9.69 Å². The van der Waals surface area contributed by atoms with E-state index in [4.69, 9.17) is 24.5 Å². The van der Waals surface area contributed by atoms with Crippen molar-refractivity contribution in [2.24, 2.45) is 0 Å². The molecule has 0 saturated carbocycles. The monoisotopic (exact) mass is 630 g/mol. The number of aliphatic carboxylic acids is 2. The number of carbonyl (C=O) groups is 3.